The lowest BCUT2D eigenvalue weighted by Crippen LogP contribution is -2.53. The quantitative estimate of drug-likeness (QED) is 0.844. The van der Waals surface area contributed by atoms with Crippen LogP contribution in [0.15, 0.2) is 23.1 Å². The Morgan fingerprint density at radius 2 is 1.95 bits per heavy atom. The average Bonchev–Trinajstić information content (AvgIpc) is 2.44. The summed E-state index contributed by atoms with van der Waals surface area (Å²) in [5.41, 5.74) is -0.531. The van der Waals surface area contributed by atoms with Crippen LogP contribution in [0.3, 0.4) is 0 Å². The molecule has 1 heterocycles. The van der Waals surface area contributed by atoms with Gasteiger partial charge >= 0.3 is 0 Å². The molecule has 1 fully saturated rings. The monoisotopic (exact) mass is 329 g/mol. The summed E-state index contributed by atoms with van der Waals surface area (Å²) in [6.45, 7) is 6.24. The molecule has 1 aliphatic rings. The van der Waals surface area contributed by atoms with E-state index in [-0.39, 0.29) is 11.0 Å². The standard InChI is InChI=1S/C15H23NO5S/c1-11-9-16(10-15(2,3)21-11)22(17,18)14-8-12(19-4)6-7-13(14)20-5/h6-8,11H,9-10H2,1-5H3. The second kappa shape index (κ2) is 6.06. The number of ether oxygens (including phenoxy) is 3. The number of nitrogens with zero attached hydrogens (tertiary/aromatic N) is 1. The molecule has 0 radical (unpaired) electrons. The van der Waals surface area contributed by atoms with E-state index in [1.165, 1.54) is 24.6 Å². The largest absolute Gasteiger partial charge is 0.497 e. The fraction of sp³-hybridized carbons (Fsp3) is 0.600. The summed E-state index contributed by atoms with van der Waals surface area (Å²) in [7, 11) is -0.744. The van der Waals surface area contributed by atoms with Gasteiger partial charge in [-0.1, -0.05) is 0 Å². The van der Waals surface area contributed by atoms with E-state index < -0.39 is 15.6 Å². The Labute approximate surface area is 132 Å². The highest BCUT2D eigenvalue weighted by molar-refractivity contribution is 7.89. The second-order valence-corrected chi connectivity index (χ2v) is 7.91. The molecule has 7 heteroatoms. The van der Waals surface area contributed by atoms with Crippen molar-refractivity contribution >= 4 is 10.0 Å². The van der Waals surface area contributed by atoms with E-state index in [1.807, 2.05) is 20.8 Å². The molecule has 1 unspecified atom stereocenters. The molecule has 1 aromatic carbocycles. The summed E-state index contributed by atoms with van der Waals surface area (Å²) in [4.78, 5) is 0.110. The van der Waals surface area contributed by atoms with E-state index in [1.54, 1.807) is 12.1 Å². The number of hydrogen-bond acceptors (Lipinski definition) is 5. The van der Waals surface area contributed by atoms with Crippen LogP contribution in [0, 0.1) is 0 Å². The lowest BCUT2D eigenvalue weighted by atomic mass is 10.1. The third-order valence-electron chi connectivity index (χ3n) is 3.53. The molecule has 0 aliphatic carbocycles. The molecule has 0 spiro atoms. The van der Waals surface area contributed by atoms with Crippen LogP contribution in [-0.4, -0.2) is 51.7 Å². The van der Waals surface area contributed by atoms with Crippen LogP contribution in [0.2, 0.25) is 0 Å². The third-order valence-corrected chi connectivity index (χ3v) is 5.36. The molecule has 1 saturated heterocycles. The molecule has 22 heavy (non-hydrogen) atoms. The first-order valence-electron chi connectivity index (χ1n) is 7.09. The maximum atomic E-state index is 13.0. The van der Waals surface area contributed by atoms with Crippen molar-refractivity contribution in [3.05, 3.63) is 18.2 Å². The molecular formula is C15H23NO5S. The van der Waals surface area contributed by atoms with Crippen molar-refractivity contribution in [3.8, 4) is 11.5 Å². The van der Waals surface area contributed by atoms with Crippen LogP contribution in [0.25, 0.3) is 0 Å². The number of benzene rings is 1. The normalized spacial score (nSPS) is 22.3. The summed E-state index contributed by atoms with van der Waals surface area (Å²) in [5.74, 6) is 0.776. The second-order valence-electron chi connectivity index (χ2n) is 6.00. The first-order chi connectivity index (χ1) is 10.2. The molecule has 1 aromatic rings. The van der Waals surface area contributed by atoms with Gasteiger partial charge in [-0.15, -0.1) is 0 Å². The third kappa shape index (κ3) is 3.37. The summed E-state index contributed by atoms with van der Waals surface area (Å²) in [6.07, 6.45) is -0.171. The first-order valence-corrected chi connectivity index (χ1v) is 8.53. The van der Waals surface area contributed by atoms with Crippen molar-refractivity contribution in [2.45, 2.75) is 37.4 Å². The molecule has 1 atom stereocenters. The van der Waals surface area contributed by atoms with Crippen LogP contribution in [0.5, 0.6) is 11.5 Å². The molecule has 124 valence electrons. The van der Waals surface area contributed by atoms with Gasteiger partial charge in [0.2, 0.25) is 10.0 Å². The number of sulfonamides is 1. The molecule has 0 amide bonds. The van der Waals surface area contributed by atoms with Gasteiger partial charge in [0, 0.05) is 19.2 Å². The van der Waals surface area contributed by atoms with Gasteiger partial charge in [-0.05, 0) is 32.9 Å². The highest BCUT2D eigenvalue weighted by Gasteiger charge is 2.39. The summed E-state index contributed by atoms with van der Waals surface area (Å²) >= 11 is 0. The van der Waals surface area contributed by atoms with Crippen LogP contribution >= 0.6 is 0 Å². The molecule has 0 bridgehead atoms. The van der Waals surface area contributed by atoms with Gasteiger partial charge in [0.15, 0.2) is 0 Å². The van der Waals surface area contributed by atoms with Gasteiger partial charge in [0.1, 0.15) is 16.4 Å². The molecule has 2 rings (SSSR count). The van der Waals surface area contributed by atoms with Crippen molar-refractivity contribution in [1.82, 2.24) is 4.31 Å². The van der Waals surface area contributed by atoms with Crippen molar-refractivity contribution in [2.24, 2.45) is 0 Å². The van der Waals surface area contributed by atoms with Crippen molar-refractivity contribution in [1.29, 1.82) is 0 Å². The Morgan fingerprint density at radius 1 is 1.27 bits per heavy atom. The molecule has 0 saturated carbocycles. The Kier molecular flexibility index (Phi) is 4.70. The van der Waals surface area contributed by atoms with Gasteiger partial charge in [0.25, 0.3) is 0 Å². The molecule has 6 nitrogen and oxygen atoms in total. The summed E-state index contributed by atoms with van der Waals surface area (Å²) in [5, 5.41) is 0. The van der Waals surface area contributed by atoms with Crippen molar-refractivity contribution < 1.29 is 22.6 Å². The lowest BCUT2D eigenvalue weighted by molar-refractivity contribution is -0.109. The highest BCUT2D eigenvalue weighted by Crippen LogP contribution is 2.33. The Bertz CT molecular complexity index is 641. The van der Waals surface area contributed by atoms with Gasteiger partial charge < -0.3 is 14.2 Å². The summed E-state index contributed by atoms with van der Waals surface area (Å²) < 4.78 is 43.6. The Balaban J connectivity index is 2.46. The maximum Gasteiger partial charge on any atom is 0.247 e. The Hall–Kier alpha value is -1.31. The number of morpholine rings is 1. The predicted molar refractivity (Wildman–Crippen MR) is 82.9 cm³/mol. The molecule has 0 aromatic heterocycles. The van der Waals surface area contributed by atoms with Gasteiger partial charge in [-0.25, -0.2) is 8.42 Å². The van der Waals surface area contributed by atoms with E-state index in [4.69, 9.17) is 14.2 Å². The first kappa shape index (κ1) is 17.1. The van der Waals surface area contributed by atoms with E-state index >= 15 is 0 Å². The number of hydrogen-bond donors (Lipinski definition) is 0. The van der Waals surface area contributed by atoms with Crippen molar-refractivity contribution in [3.63, 3.8) is 0 Å². The molecular weight excluding hydrogens is 306 g/mol. The molecule has 0 N–H and O–H groups in total. The number of rotatable bonds is 4. The minimum atomic E-state index is -3.69. The zero-order valence-electron chi connectivity index (χ0n) is 13.6. The van der Waals surface area contributed by atoms with Crippen molar-refractivity contribution in [2.75, 3.05) is 27.3 Å². The van der Waals surface area contributed by atoms with Gasteiger partial charge in [-0.2, -0.15) is 4.31 Å². The summed E-state index contributed by atoms with van der Waals surface area (Å²) in [6, 6.07) is 4.76. The SMILES string of the molecule is COc1ccc(OC)c(S(=O)(=O)N2CC(C)OC(C)(C)C2)c1. The fourth-order valence-corrected chi connectivity index (χ4v) is 4.54. The maximum absolute atomic E-state index is 13.0. The van der Waals surface area contributed by atoms with E-state index in [0.717, 1.165) is 0 Å². The average molecular weight is 329 g/mol. The van der Waals surface area contributed by atoms with Gasteiger partial charge in [0.05, 0.1) is 25.9 Å². The van der Waals surface area contributed by atoms with E-state index in [9.17, 15) is 8.42 Å². The van der Waals surface area contributed by atoms with E-state index in [0.29, 0.717) is 24.6 Å². The minimum Gasteiger partial charge on any atom is -0.497 e. The zero-order valence-corrected chi connectivity index (χ0v) is 14.4. The van der Waals surface area contributed by atoms with Crippen LogP contribution in [-0.2, 0) is 14.8 Å². The Morgan fingerprint density at radius 3 is 2.50 bits per heavy atom. The molecule has 1 aliphatic heterocycles. The fourth-order valence-electron chi connectivity index (χ4n) is 2.70. The smallest absolute Gasteiger partial charge is 0.247 e. The highest BCUT2D eigenvalue weighted by atomic mass is 32.2. The predicted octanol–water partition coefficient (Wildman–Crippen LogP) is 1.89. The lowest BCUT2D eigenvalue weighted by Gasteiger charge is -2.41. The topological polar surface area (TPSA) is 65.1 Å². The van der Waals surface area contributed by atoms with E-state index in [2.05, 4.69) is 0 Å². The van der Waals surface area contributed by atoms with Gasteiger partial charge in [-0.3, -0.25) is 0 Å². The van der Waals surface area contributed by atoms with Crippen LogP contribution in [0.4, 0.5) is 0 Å². The van der Waals surface area contributed by atoms with Crippen LogP contribution < -0.4 is 9.47 Å². The zero-order chi connectivity index (χ0) is 16.5. The minimum absolute atomic E-state index is 0.110. The van der Waals surface area contributed by atoms with Crippen LogP contribution in [0.1, 0.15) is 20.8 Å². The number of methoxy groups -OCH3 is 2.